The van der Waals surface area contributed by atoms with Crippen molar-refractivity contribution < 1.29 is 4.74 Å². The molecule has 0 saturated carbocycles. The Hall–Kier alpha value is -0.840. The molecule has 2 aromatic carbocycles. The molecule has 0 aliphatic rings. The van der Waals surface area contributed by atoms with Gasteiger partial charge >= 0.3 is 0 Å². The van der Waals surface area contributed by atoms with Crippen molar-refractivity contribution in [1.82, 2.24) is 5.32 Å². The standard InChI is InChI=1S/C16H17Br2NO/c1-11-7-15(18)8-13(9-19-2)16(11)20-10-12-3-5-14(17)6-4-12/h3-8,19H,9-10H2,1-2H3. The number of hydrogen-bond acceptors (Lipinski definition) is 2. The fraction of sp³-hybridized carbons (Fsp3) is 0.250. The molecule has 0 amide bonds. The Morgan fingerprint density at radius 2 is 1.75 bits per heavy atom. The van der Waals surface area contributed by atoms with Crippen molar-refractivity contribution >= 4 is 31.9 Å². The second-order valence-electron chi connectivity index (χ2n) is 4.66. The number of ether oxygens (including phenoxy) is 1. The quantitative estimate of drug-likeness (QED) is 0.779. The van der Waals surface area contributed by atoms with Crippen LogP contribution in [0.25, 0.3) is 0 Å². The first-order valence-corrected chi connectivity index (χ1v) is 7.99. The minimum atomic E-state index is 0.576. The van der Waals surface area contributed by atoms with Crippen LogP contribution in [0.15, 0.2) is 45.3 Å². The largest absolute Gasteiger partial charge is 0.488 e. The van der Waals surface area contributed by atoms with Gasteiger partial charge in [0.15, 0.2) is 0 Å². The lowest BCUT2D eigenvalue weighted by molar-refractivity contribution is 0.300. The molecule has 4 heteroatoms. The van der Waals surface area contributed by atoms with Crippen LogP contribution in [0.3, 0.4) is 0 Å². The van der Waals surface area contributed by atoms with Crippen molar-refractivity contribution in [2.24, 2.45) is 0 Å². The third-order valence-electron chi connectivity index (χ3n) is 2.98. The van der Waals surface area contributed by atoms with E-state index in [1.807, 2.05) is 19.2 Å². The van der Waals surface area contributed by atoms with E-state index >= 15 is 0 Å². The lowest BCUT2D eigenvalue weighted by atomic mass is 10.1. The minimum absolute atomic E-state index is 0.576. The zero-order valence-corrected chi connectivity index (χ0v) is 14.7. The summed E-state index contributed by atoms with van der Waals surface area (Å²) in [6, 6.07) is 12.4. The molecule has 0 atom stereocenters. The van der Waals surface area contributed by atoms with Crippen LogP contribution in [0.5, 0.6) is 5.75 Å². The summed E-state index contributed by atoms with van der Waals surface area (Å²) in [6.07, 6.45) is 0. The summed E-state index contributed by atoms with van der Waals surface area (Å²) < 4.78 is 8.19. The first-order valence-electron chi connectivity index (χ1n) is 6.41. The summed E-state index contributed by atoms with van der Waals surface area (Å²) in [6.45, 7) is 3.43. The lowest BCUT2D eigenvalue weighted by Crippen LogP contribution is -2.08. The number of hydrogen-bond donors (Lipinski definition) is 1. The van der Waals surface area contributed by atoms with Crippen LogP contribution in [0, 0.1) is 6.92 Å². The number of benzene rings is 2. The molecule has 106 valence electrons. The molecule has 0 spiro atoms. The van der Waals surface area contributed by atoms with Gasteiger partial charge in [-0.05, 0) is 49.4 Å². The fourth-order valence-electron chi connectivity index (χ4n) is 2.06. The van der Waals surface area contributed by atoms with Crippen LogP contribution in [0.2, 0.25) is 0 Å². The highest BCUT2D eigenvalue weighted by Crippen LogP contribution is 2.29. The SMILES string of the molecule is CNCc1cc(Br)cc(C)c1OCc1ccc(Br)cc1. The summed E-state index contributed by atoms with van der Waals surface area (Å²) in [4.78, 5) is 0. The van der Waals surface area contributed by atoms with Gasteiger partial charge < -0.3 is 10.1 Å². The van der Waals surface area contributed by atoms with Crippen LogP contribution in [0.1, 0.15) is 16.7 Å². The Kier molecular flexibility index (Phi) is 5.64. The van der Waals surface area contributed by atoms with Crippen molar-refractivity contribution in [3.05, 3.63) is 62.0 Å². The zero-order valence-electron chi connectivity index (χ0n) is 11.5. The second kappa shape index (κ2) is 7.25. The van der Waals surface area contributed by atoms with Gasteiger partial charge in [0, 0.05) is 21.1 Å². The molecular weight excluding hydrogens is 382 g/mol. The summed E-state index contributed by atoms with van der Waals surface area (Å²) in [5.74, 6) is 0.963. The van der Waals surface area contributed by atoms with Crippen LogP contribution in [0.4, 0.5) is 0 Å². The predicted octanol–water partition coefficient (Wildman–Crippen LogP) is 4.82. The molecule has 0 bridgehead atoms. The predicted molar refractivity (Wildman–Crippen MR) is 90.1 cm³/mol. The molecule has 0 heterocycles. The Morgan fingerprint density at radius 3 is 2.40 bits per heavy atom. The molecule has 0 aliphatic heterocycles. The lowest BCUT2D eigenvalue weighted by Gasteiger charge is -2.15. The molecule has 1 N–H and O–H groups in total. The van der Waals surface area contributed by atoms with Crippen molar-refractivity contribution in [2.75, 3.05) is 7.05 Å². The van der Waals surface area contributed by atoms with Gasteiger partial charge in [-0.1, -0.05) is 44.0 Å². The average Bonchev–Trinajstić information content (AvgIpc) is 2.40. The highest BCUT2D eigenvalue weighted by molar-refractivity contribution is 9.10. The summed E-state index contributed by atoms with van der Waals surface area (Å²) in [5, 5.41) is 3.18. The van der Waals surface area contributed by atoms with E-state index in [1.54, 1.807) is 0 Å². The molecule has 2 nitrogen and oxygen atoms in total. The van der Waals surface area contributed by atoms with Gasteiger partial charge in [0.2, 0.25) is 0 Å². The molecule has 0 radical (unpaired) electrons. The summed E-state index contributed by atoms with van der Waals surface area (Å²) in [7, 11) is 1.94. The van der Waals surface area contributed by atoms with E-state index in [0.717, 1.165) is 37.9 Å². The van der Waals surface area contributed by atoms with Crippen molar-refractivity contribution in [1.29, 1.82) is 0 Å². The number of halogens is 2. The van der Waals surface area contributed by atoms with Gasteiger partial charge in [0.25, 0.3) is 0 Å². The highest BCUT2D eigenvalue weighted by atomic mass is 79.9. The highest BCUT2D eigenvalue weighted by Gasteiger charge is 2.09. The normalized spacial score (nSPS) is 10.6. The third kappa shape index (κ3) is 4.08. The molecular formula is C16H17Br2NO. The van der Waals surface area contributed by atoms with Gasteiger partial charge in [-0.3, -0.25) is 0 Å². The molecule has 20 heavy (non-hydrogen) atoms. The Balaban J connectivity index is 2.17. The third-order valence-corrected chi connectivity index (χ3v) is 3.97. The topological polar surface area (TPSA) is 21.3 Å². The minimum Gasteiger partial charge on any atom is -0.488 e. The average molecular weight is 399 g/mol. The maximum Gasteiger partial charge on any atom is 0.127 e. The zero-order chi connectivity index (χ0) is 14.5. The number of rotatable bonds is 5. The van der Waals surface area contributed by atoms with E-state index in [9.17, 15) is 0 Å². The van der Waals surface area contributed by atoms with Crippen LogP contribution < -0.4 is 10.1 Å². The smallest absolute Gasteiger partial charge is 0.127 e. The van der Waals surface area contributed by atoms with E-state index in [2.05, 4.69) is 68.4 Å². The fourth-order valence-corrected chi connectivity index (χ4v) is 2.95. The monoisotopic (exact) mass is 397 g/mol. The van der Waals surface area contributed by atoms with Crippen molar-refractivity contribution in [2.45, 2.75) is 20.1 Å². The second-order valence-corrected chi connectivity index (χ2v) is 6.49. The van der Waals surface area contributed by atoms with E-state index in [4.69, 9.17) is 4.74 Å². The van der Waals surface area contributed by atoms with E-state index < -0.39 is 0 Å². The van der Waals surface area contributed by atoms with Gasteiger partial charge in [-0.25, -0.2) is 0 Å². The molecule has 2 rings (SSSR count). The maximum absolute atomic E-state index is 6.03. The van der Waals surface area contributed by atoms with Crippen LogP contribution in [-0.2, 0) is 13.2 Å². The van der Waals surface area contributed by atoms with Crippen molar-refractivity contribution in [3.8, 4) is 5.75 Å². The van der Waals surface area contributed by atoms with Gasteiger partial charge in [0.1, 0.15) is 12.4 Å². The first-order chi connectivity index (χ1) is 9.60. The van der Waals surface area contributed by atoms with Crippen LogP contribution in [-0.4, -0.2) is 7.05 Å². The summed E-state index contributed by atoms with van der Waals surface area (Å²) >= 11 is 6.97. The Bertz CT molecular complexity index is 582. The van der Waals surface area contributed by atoms with Gasteiger partial charge in [-0.15, -0.1) is 0 Å². The molecule has 0 unspecified atom stereocenters. The van der Waals surface area contributed by atoms with Gasteiger partial charge in [0.05, 0.1) is 0 Å². The van der Waals surface area contributed by atoms with Gasteiger partial charge in [-0.2, -0.15) is 0 Å². The van der Waals surface area contributed by atoms with Crippen LogP contribution >= 0.6 is 31.9 Å². The Labute approximate surface area is 136 Å². The number of aryl methyl sites for hydroxylation is 1. The number of nitrogens with one attached hydrogen (secondary N) is 1. The molecule has 0 fully saturated rings. The molecule has 0 aromatic heterocycles. The summed E-state index contributed by atoms with van der Waals surface area (Å²) in [5.41, 5.74) is 3.46. The Morgan fingerprint density at radius 1 is 1.05 bits per heavy atom. The van der Waals surface area contributed by atoms with E-state index in [-0.39, 0.29) is 0 Å². The van der Waals surface area contributed by atoms with E-state index in [0.29, 0.717) is 6.61 Å². The van der Waals surface area contributed by atoms with Crippen molar-refractivity contribution in [3.63, 3.8) is 0 Å². The molecule has 0 saturated heterocycles. The molecule has 0 aliphatic carbocycles. The first kappa shape index (κ1) is 15.5. The van der Waals surface area contributed by atoms with E-state index in [1.165, 1.54) is 0 Å². The molecule has 2 aromatic rings. The maximum atomic E-state index is 6.03.